The number of nitrogen functional groups attached to an aromatic ring is 1. The van der Waals surface area contributed by atoms with Crippen molar-refractivity contribution in [1.82, 2.24) is 4.98 Å². The van der Waals surface area contributed by atoms with Gasteiger partial charge < -0.3 is 11.1 Å². The molecule has 96 valence electrons. The summed E-state index contributed by atoms with van der Waals surface area (Å²) >= 11 is 0. The van der Waals surface area contributed by atoms with Crippen LogP contribution in [-0.4, -0.2) is 11.0 Å². The molecule has 0 aromatic carbocycles. The van der Waals surface area contributed by atoms with E-state index in [1.165, 1.54) is 32.1 Å². The average Bonchev–Trinajstić information content (AvgIpc) is 2.35. The average molecular weight is 243 g/mol. The zero-order valence-corrected chi connectivity index (χ0v) is 10.7. The highest BCUT2D eigenvalue weighted by Crippen LogP contribution is 2.54. The van der Waals surface area contributed by atoms with Crippen LogP contribution in [-0.2, 0) is 0 Å². The minimum absolute atomic E-state index is 0.620. The van der Waals surface area contributed by atoms with E-state index in [0.29, 0.717) is 6.04 Å². The summed E-state index contributed by atoms with van der Waals surface area (Å²) in [6, 6.07) is 4.46. The van der Waals surface area contributed by atoms with Crippen molar-refractivity contribution in [1.29, 1.82) is 0 Å². The third-order valence-corrected chi connectivity index (χ3v) is 5.37. The summed E-state index contributed by atoms with van der Waals surface area (Å²) < 4.78 is 0. The smallest absolute Gasteiger partial charge is 0.149 e. The lowest BCUT2D eigenvalue weighted by atomic mass is 9.54. The fraction of sp³-hybridized carbons (Fsp3) is 0.667. The van der Waals surface area contributed by atoms with Gasteiger partial charge in [-0.05, 0) is 67.9 Å². The van der Waals surface area contributed by atoms with Crippen molar-refractivity contribution in [2.45, 2.75) is 38.1 Å². The predicted octanol–water partition coefficient (Wildman–Crippen LogP) is 2.90. The molecule has 0 saturated heterocycles. The highest BCUT2D eigenvalue weighted by Gasteiger charge is 2.48. The van der Waals surface area contributed by atoms with Gasteiger partial charge in [0.2, 0.25) is 0 Å². The van der Waals surface area contributed by atoms with Gasteiger partial charge in [-0.3, -0.25) is 0 Å². The van der Waals surface area contributed by atoms with Crippen molar-refractivity contribution in [3.05, 3.63) is 18.3 Å². The molecule has 4 aliphatic rings. The monoisotopic (exact) mass is 243 g/mol. The number of rotatable bonds is 2. The molecule has 3 heteroatoms. The van der Waals surface area contributed by atoms with Gasteiger partial charge in [-0.25, -0.2) is 4.98 Å². The molecule has 4 fully saturated rings. The molecule has 1 aromatic rings. The Labute approximate surface area is 108 Å². The first kappa shape index (κ1) is 10.7. The fourth-order valence-electron chi connectivity index (χ4n) is 4.86. The van der Waals surface area contributed by atoms with Gasteiger partial charge in [0.25, 0.3) is 0 Å². The molecule has 3 N–H and O–H groups in total. The molecule has 5 rings (SSSR count). The standard InChI is InChI=1S/C15H21N3/c16-13-2-1-3-17-15(13)18-14-11-5-9-4-10(7-11)8-12(14)6-9/h1-3,9-12,14H,4-8,16H2,(H,17,18). The van der Waals surface area contributed by atoms with Crippen LogP contribution in [0.25, 0.3) is 0 Å². The predicted molar refractivity (Wildman–Crippen MR) is 73.1 cm³/mol. The van der Waals surface area contributed by atoms with Gasteiger partial charge in [0, 0.05) is 12.2 Å². The van der Waals surface area contributed by atoms with Gasteiger partial charge in [-0.1, -0.05) is 0 Å². The summed E-state index contributed by atoms with van der Waals surface area (Å²) in [6.07, 6.45) is 9.05. The summed E-state index contributed by atoms with van der Waals surface area (Å²) in [5.41, 5.74) is 6.78. The molecule has 0 spiro atoms. The van der Waals surface area contributed by atoms with E-state index in [0.717, 1.165) is 35.2 Å². The second kappa shape index (κ2) is 3.87. The van der Waals surface area contributed by atoms with E-state index in [4.69, 9.17) is 5.73 Å². The Hall–Kier alpha value is -1.25. The summed E-state index contributed by atoms with van der Waals surface area (Å²) in [4.78, 5) is 4.39. The molecule has 0 radical (unpaired) electrons. The minimum atomic E-state index is 0.620. The van der Waals surface area contributed by atoms with Crippen LogP contribution < -0.4 is 11.1 Å². The Morgan fingerprint density at radius 2 is 1.72 bits per heavy atom. The third-order valence-electron chi connectivity index (χ3n) is 5.37. The van der Waals surface area contributed by atoms with Crippen LogP contribution in [0, 0.1) is 23.7 Å². The molecule has 0 amide bonds. The normalized spacial score (nSPS) is 41.0. The first-order valence-electron chi connectivity index (χ1n) is 7.26. The van der Waals surface area contributed by atoms with Crippen molar-refractivity contribution in [2.75, 3.05) is 11.1 Å². The molecule has 0 atom stereocenters. The summed E-state index contributed by atoms with van der Waals surface area (Å²) in [5.74, 6) is 4.67. The number of nitrogens with two attached hydrogens (primary N) is 1. The number of hydrogen-bond acceptors (Lipinski definition) is 3. The Morgan fingerprint density at radius 1 is 1.06 bits per heavy atom. The Morgan fingerprint density at radius 3 is 2.33 bits per heavy atom. The molecule has 0 unspecified atom stereocenters. The molecular formula is C15H21N3. The van der Waals surface area contributed by atoms with E-state index >= 15 is 0 Å². The number of anilines is 2. The maximum atomic E-state index is 6.00. The van der Waals surface area contributed by atoms with Crippen LogP contribution in [0.1, 0.15) is 32.1 Å². The number of aromatic nitrogens is 1. The largest absolute Gasteiger partial charge is 0.396 e. The lowest BCUT2D eigenvalue weighted by Gasteiger charge is -2.54. The van der Waals surface area contributed by atoms with Crippen LogP contribution in [0.3, 0.4) is 0 Å². The lowest BCUT2D eigenvalue weighted by molar-refractivity contribution is 0.00744. The Balaban J connectivity index is 1.57. The molecule has 18 heavy (non-hydrogen) atoms. The lowest BCUT2D eigenvalue weighted by Crippen LogP contribution is -2.51. The molecule has 3 nitrogen and oxygen atoms in total. The van der Waals surface area contributed by atoms with Gasteiger partial charge in [-0.2, -0.15) is 0 Å². The Kier molecular flexibility index (Phi) is 2.29. The first-order chi connectivity index (χ1) is 8.79. The van der Waals surface area contributed by atoms with Gasteiger partial charge in [0.15, 0.2) is 0 Å². The number of nitrogens with one attached hydrogen (secondary N) is 1. The van der Waals surface area contributed by atoms with Gasteiger partial charge in [0.05, 0.1) is 5.69 Å². The highest BCUT2D eigenvalue weighted by atomic mass is 15.0. The van der Waals surface area contributed by atoms with E-state index in [9.17, 15) is 0 Å². The topological polar surface area (TPSA) is 50.9 Å². The van der Waals surface area contributed by atoms with Crippen molar-refractivity contribution >= 4 is 11.5 Å². The van der Waals surface area contributed by atoms with Crippen LogP contribution in [0.2, 0.25) is 0 Å². The van der Waals surface area contributed by atoms with Crippen LogP contribution in [0.5, 0.6) is 0 Å². The van der Waals surface area contributed by atoms with Gasteiger partial charge >= 0.3 is 0 Å². The number of nitrogens with zero attached hydrogens (tertiary/aromatic N) is 1. The van der Waals surface area contributed by atoms with Crippen LogP contribution in [0.15, 0.2) is 18.3 Å². The fourth-order valence-corrected chi connectivity index (χ4v) is 4.86. The van der Waals surface area contributed by atoms with E-state index in [1.807, 2.05) is 18.3 Å². The maximum Gasteiger partial charge on any atom is 0.149 e. The van der Waals surface area contributed by atoms with Crippen molar-refractivity contribution in [3.8, 4) is 0 Å². The second-order valence-corrected chi connectivity index (χ2v) is 6.54. The van der Waals surface area contributed by atoms with Crippen molar-refractivity contribution < 1.29 is 0 Å². The first-order valence-corrected chi connectivity index (χ1v) is 7.26. The second-order valence-electron chi connectivity index (χ2n) is 6.54. The van der Waals surface area contributed by atoms with Crippen LogP contribution >= 0.6 is 0 Å². The zero-order valence-electron chi connectivity index (χ0n) is 10.7. The molecule has 4 saturated carbocycles. The summed E-state index contributed by atoms with van der Waals surface area (Å²) in [5, 5.41) is 3.66. The van der Waals surface area contributed by atoms with Crippen molar-refractivity contribution in [3.63, 3.8) is 0 Å². The molecule has 0 aliphatic heterocycles. The third kappa shape index (κ3) is 1.60. The quantitative estimate of drug-likeness (QED) is 0.839. The molecule has 1 heterocycles. The molecule has 1 aromatic heterocycles. The van der Waals surface area contributed by atoms with E-state index in [2.05, 4.69) is 10.3 Å². The molecule has 4 aliphatic carbocycles. The van der Waals surface area contributed by atoms with E-state index < -0.39 is 0 Å². The Bertz CT molecular complexity index is 429. The summed E-state index contributed by atoms with van der Waals surface area (Å²) in [6.45, 7) is 0. The van der Waals surface area contributed by atoms with Gasteiger partial charge in [-0.15, -0.1) is 0 Å². The number of pyridine rings is 1. The molecule has 4 bridgehead atoms. The highest BCUT2D eigenvalue weighted by molar-refractivity contribution is 5.61. The van der Waals surface area contributed by atoms with E-state index in [1.54, 1.807) is 0 Å². The van der Waals surface area contributed by atoms with Crippen molar-refractivity contribution in [2.24, 2.45) is 23.7 Å². The van der Waals surface area contributed by atoms with Gasteiger partial charge in [0.1, 0.15) is 5.82 Å². The van der Waals surface area contributed by atoms with Crippen LogP contribution in [0.4, 0.5) is 11.5 Å². The summed E-state index contributed by atoms with van der Waals surface area (Å²) in [7, 11) is 0. The number of hydrogen-bond donors (Lipinski definition) is 2. The van der Waals surface area contributed by atoms with E-state index in [-0.39, 0.29) is 0 Å². The minimum Gasteiger partial charge on any atom is -0.396 e. The zero-order chi connectivity index (χ0) is 12.1. The molecular weight excluding hydrogens is 222 g/mol. The SMILES string of the molecule is Nc1cccnc1NC1C2CC3CC(C2)CC1C3. The maximum absolute atomic E-state index is 6.00.